The van der Waals surface area contributed by atoms with Crippen molar-refractivity contribution in [3.8, 4) is 0 Å². The number of hydrogen-bond acceptors (Lipinski definition) is 2. The summed E-state index contributed by atoms with van der Waals surface area (Å²) in [6, 6.07) is 3.68. The second kappa shape index (κ2) is 4.28. The maximum absolute atomic E-state index is 11.7. The lowest BCUT2D eigenvalue weighted by Crippen LogP contribution is -2.34. The molecule has 1 N–H and O–H groups in total. The van der Waals surface area contributed by atoms with Gasteiger partial charge in [-0.15, -0.1) is 0 Å². The summed E-state index contributed by atoms with van der Waals surface area (Å²) in [4.78, 5) is 0. The van der Waals surface area contributed by atoms with Crippen LogP contribution in [-0.2, 0) is 11.0 Å². The van der Waals surface area contributed by atoms with Crippen LogP contribution in [0.15, 0.2) is 22.8 Å². The van der Waals surface area contributed by atoms with Gasteiger partial charge >= 0.3 is 0 Å². The van der Waals surface area contributed by atoms with Crippen LogP contribution < -0.4 is 4.72 Å². The third kappa shape index (κ3) is 2.96. The largest absolute Gasteiger partial charge is 0.468 e. The Bertz CT molecular complexity index is 300. The molecule has 2 unspecified atom stereocenters. The van der Waals surface area contributed by atoms with E-state index in [0.29, 0.717) is 0 Å². The molecule has 0 amide bonds. The van der Waals surface area contributed by atoms with E-state index in [1.807, 2.05) is 39.8 Å². The topological polar surface area (TPSA) is 42.2 Å². The van der Waals surface area contributed by atoms with Crippen molar-refractivity contribution >= 4 is 11.0 Å². The van der Waals surface area contributed by atoms with E-state index in [1.165, 1.54) is 0 Å². The molecule has 0 spiro atoms. The molecule has 0 aromatic carbocycles. The van der Waals surface area contributed by atoms with Crippen molar-refractivity contribution in [3.63, 3.8) is 0 Å². The molecule has 0 fully saturated rings. The average Bonchev–Trinajstić information content (AvgIpc) is 2.53. The molecule has 0 aliphatic rings. The van der Waals surface area contributed by atoms with E-state index in [4.69, 9.17) is 4.42 Å². The van der Waals surface area contributed by atoms with Crippen molar-refractivity contribution in [2.75, 3.05) is 0 Å². The van der Waals surface area contributed by atoms with E-state index >= 15 is 0 Å². The minimum atomic E-state index is -1.06. The summed E-state index contributed by atoms with van der Waals surface area (Å²) in [5.74, 6) is 0.808. The molecule has 0 aliphatic carbocycles. The molecule has 2 atom stereocenters. The third-order valence-electron chi connectivity index (χ3n) is 1.81. The van der Waals surface area contributed by atoms with Crippen LogP contribution in [0.2, 0.25) is 0 Å². The molecule has 80 valence electrons. The summed E-state index contributed by atoms with van der Waals surface area (Å²) in [6.07, 6.45) is 1.62. The van der Waals surface area contributed by atoms with Crippen molar-refractivity contribution < 1.29 is 8.63 Å². The van der Waals surface area contributed by atoms with Crippen LogP contribution in [0, 0.1) is 0 Å². The maximum atomic E-state index is 11.7. The van der Waals surface area contributed by atoms with E-state index in [0.717, 1.165) is 5.76 Å². The average molecular weight is 215 g/mol. The predicted octanol–water partition coefficient (Wildman–Crippen LogP) is 2.39. The molecular weight excluding hydrogens is 198 g/mol. The molecule has 0 saturated carbocycles. The van der Waals surface area contributed by atoms with E-state index in [-0.39, 0.29) is 10.8 Å². The minimum absolute atomic E-state index is 0.0231. The van der Waals surface area contributed by atoms with Crippen molar-refractivity contribution in [2.24, 2.45) is 0 Å². The number of nitrogens with one attached hydrogen (secondary N) is 1. The highest BCUT2D eigenvalue weighted by molar-refractivity contribution is 7.84. The van der Waals surface area contributed by atoms with Gasteiger partial charge in [0.05, 0.1) is 28.0 Å². The SMILES string of the molecule is CC(NS(=O)C(C)(C)C)c1ccco1. The summed E-state index contributed by atoms with van der Waals surface area (Å²) in [5, 5.41) is 0. The molecule has 0 aliphatic heterocycles. The van der Waals surface area contributed by atoms with Crippen LogP contribution in [0.3, 0.4) is 0 Å². The van der Waals surface area contributed by atoms with E-state index in [9.17, 15) is 4.21 Å². The van der Waals surface area contributed by atoms with Crippen molar-refractivity contribution in [1.29, 1.82) is 0 Å². The van der Waals surface area contributed by atoms with Crippen LogP contribution >= 0.6 is 0 Å². The Kier molecular flexibility index (Phi) is 3.50. The van der Waals surface area contributed by atoms with Crippen LogP contribution in [0.5, 0.6) is 0 Å². The fourth-order valence-electron chi connectivity index (χ4n) is 0.933. The van der Waals surface area contributed by atoms with Gasteiger partial charge < -0.3 is 4.42 Å². The van der Waals surface area contributed by atoms with Gasteiger partial charge in [-0.2, -0.15) is 0 Å². The Labute approximate surface area is 87.5 Å². The normalized spacial score (nSPS) is 16.6. The summed E-state index contributed by atoms with van der Waals surface area (Å²) in [5.41, 5.74) is 0. The highest BCUT2D eigenvalue weighted by Gasteiger charge is 2.22. The van der Waals surface area contributed by atoms with Crippen molar-refractivity contribution in [2.45, 2.75) is 38.5 Å². The second-order valence-corrected chi connectivity index (χ2v) is 6.23. The van der Waals surface area contributed by atoms with Gasteiger partial charge in [-0.05, 0) is 39.8 Å². The summed E-state index contributed by atoms with van der Waals surface area (Å²) in [7, 11) is -1.06. The van der Waals surface area contributed by atoms with Crippen molar-refractivity contribution in [1.82, 2.24) is 4.72 Å². The van der Waals surface area contributed by atoms with Gasteiger partial charge in [0.15, 0.2) is 0 Å². The van der Waals surface area contributed by atoms with Gasteiger partial charge in [0, 0.05) is 0 Å². The fraction of sp³-hybridized carbons (Fsp3) is 0.600. The predicted molar refractivity (Wildman–Crippen MR) is 58.2 cm³/mol. The first kappa shape index (κ1) is 11.5. The number of hydrogen-bond donors (Lipinski definition) is 1. The van der Waals surface area contributed by atoms with Gasteiger partial charge in [-0.1, -0.05) is 0 Å². The van der Waals surface area contributed by atoms with Crippen LogP contribution in [0.4, 0.5) is 0 Å². The zero-order chi connectivity index (χ0) is 10.8. The summed E-state index contributed by atoms with van der Waals surface area (Å²) < 4.78 is 19.7. The standard InChI is InChI=1S/C10H17NO2S/c1-8(9-6-5-7-13-9)11-14(12)10(2,3)4/h5-8,11H,1-4H3. The molecule has 3 nitrogen and oxygen atoms in total. The lowest BCUT2D eigenvalue weighted by atomic mass is 10.3. The molecular formula is C10H17NO2S. The van der Waals surface area contributed by atoms with Gasteiger partial charge in [0.2, 0.25) is 0 Å². The molecule has 14 heavy (non-hydrogen) atoms. The van der Waals surface area contributed by atoms with Gasteiger partial charge in [0.25, 0.3) is 0 Å². The van der Waals surface area contributed by atoms with Gasteiger partial charge in [-0.3, -0.25) is 0 Å². The fourth-order valence-corrected chi connectivity index (χ4v) is 1.72. The Balaban J connectivity index is 2.58. The highest BCUT2D eigenvalue weighted by atomic mass is 32.2. The van der Waals surface area contributed by atoms with Gasteiger partial charge in [0.1, 0.15) is 5.76 Å². The molecule has 0 bridgehead atoms. The summed E-state index contributed by atoms with van der Waals surface area (Å²) in [6.45, 7) is 7.74. The molecule has 0 radical (unpaired) electrons. The first-order valence-corrected chi connectivity index (χ1v) is 5.77. The zero-order valence-electron chi connectivity index (χ0n) is 9.03. The van der Waals surface area contributed by atoms with E-state index in [1.54, 1.807) is 6.26 Å². The molecule has 1 aromatic heterocycles. The lowest BCUT2D eigenvalue weighted by molar-refractivity contribution is 0.464. The van der Waals surface area contributed by atoms with E-state index in [2.05, 4.69) is 4.72 Å². The Morgan fingerprint density at radius 2 is 2.14 bits per heavy atom. The van der Waals surface area contributed by atoms with E-state index < -0.39 is 11.0 Å². The Hall–Kier alpha value is -0.610. The molecule has 0 saturated heterocycles. The van der Waals surface area contributed by atoms with Crippen LogP contribution in [0.25, 0.3) is 0 Å². The zero-order valence-corrected chi connectivity index (χ0v) is 9.85. The monoisotopic (exact) mass is 215 g/mol. The first-order chi connectivity index (χ1) is 6.41. The molecule has 4 heteroatoms. The quantitative estimate of drug-likeness (QED) is 0.841. The maximum Gasteiger partial charge on any atom is 0.121 e. The Morgan fingerprint density at radius 3 is 2.57 bits per heavy atom. The molecule has 1 heterocycles. The van der Waals surface area contributed by atoms with Crippen LogP contribution in [0.1, 0.15) is 39.5 Å². The van der Waals surface area contributed by atoms with Gasteiger partial charge in [-0.25, -0.2) is 8.93 Å². The highest BCUT2D eigenvalue weighted by Crippen LogP contribution is 2.16. The lowest BCUT2D eigenvalue weighted by Gasteiger charge is -2.20. The molecule has 1 rings (SSSR count). The second-order valence-electron chi connectivity index (χ2n) is 4.24. The number of rotatable bonds is 3. The third-order valence-corrected chi connectivity index (χ3v) is 3.49. The Morgan fingerprint density at radius 1 is 1.50 bits per heavy atom. The summed E-state index contributed by atoms with van der Waals surface area (Å²) >= 11 is 0. The number of furan rings is 1. The minimum Gasteiger partial charge on any atom is -0.468 e. The van der Waals surface area contributed by atoms with Crippen molar-refractivity contribution in [3.05, 3.63) is 24.2 Å². The smallest absolute Gasteiger partial charge is 0.121 e. The first-order valence-electron chi connectivity index (χ1n) is 4.62. The molecule has 1 aromatic rings. The van der Waals surface area contributed by atoms with Crippen LogP contribution in [-0.4, -0.2) is 8.96 Å².